The van der Waals surface area contributed by atoms with Crippen LogP contribution in [0.3, 0.4) is 0 Å². The van der Waals surface area contributed by atoms with E-state index in [1.807, 2.05) is 43.6 Å². The maximum Gasteiger partial charge on any atom is 0.272 e. The van der Waals surface area contributed by atoms with Gasteiger partial charge in [-0.15, -0.1) is 0 Å². The first-order chi connectivity index (χ1) is 14.3. The monoisotopic (exact) mass is 385 g/mol. The lowest BCUT2D eigenvalue weighted by Crippen LogP contribution is -2.32. The van der Waals surface area contributed by atoms with E-state index < -0.39 is 0 Å². The summed E-state index contributed by atoms with van der Waals surface area (Å²) in [5.74, 6) is 0.313. The number of rotatable bonds is 4. The third kappa shape index (κ3) is 3.06. The average Bonchev–Trinajstić information content (AvgIpc) is 2.77. The molecular formula is C23H23N5O. The third-order valence-electron chi connectivity index (χ3n) is 5.89. The number of likely N-dealkylation sites (N-methyl/N-ethyl adjacent to an activating group) is 1. The molecule has 29 heavy (non-hydrogen) atoms. The van der Waals surface area contributed by atoms with Crippen molar-refractivity contribution in [1.29, 1.82) is 0 Å². The van der Waals surface area contributed by atoms with Crippen molar-refractivity contribution >= 4 is 16.5 Å². The molecule has 5 rings (SSSR count). The average molecular weight is 385 g/mol. The Morgan fingerprint density at radius 1 is 1.21 bits per heavy atom. The molecule has 0 radical (unpaired) electrons. The van der Waals surface area contributed by atoms with E-state index in [9.17, 15) is 4.79 Å². The van der Waals surface area contributed by atoms with Gasteiger partial charge in [0.15, 0.2) is 0 Å². The van der Waals surface area contributed by atoms with Crippen molar-refractivity contribution in [3.8, 4) is 0 Å². The fraction of sp³-hybridized carbons (Fsp3) is 0.261. The minimum Gasteiger partial charge on any atom is -0.375 e. The molecule has 0 fully saturated rings. The molecule has 3 aromatic rings. The molecule has 2 aromatic heterocycles. The quantitative estimate of drug-likeness (QED) is 0.642. The van der Waals surface area contributed by atoms with E-state index in [2.05, 4.69) is 50.1 Å². The first kappa shape index (κ1) is 17.8. The predicted octanol–water partition coefficient (Wildman–Crippen LogP) is 3.29. The lowest BCUT2D eigenvalue weighted by atomic mass is 9.74. The summed E-state index contributed by atoms with van der Waals surface area (Å²) < 4.78 is 0. The van der Waals surface area contributed by atoms with Gasteiger partial charge in [-0.2, -0.15) is 5.10 Å². The summed E-state index contributed by atoms with van der Waals surface area (Å²) in [4.78, 5) is 17.0. The van der Waals surface area contributed by atoms with Crippen LogP contribution in [-0.4, -0.2) is 28.8 Å². The lowest BCUT2D eigenvalue weighted by Gasteiger charge is -2.37. The predicted molar refractivity (Wildman–Crippen MR) is 115 cm³/mol. The van der Waals surface area contributed by atoms with Crippen LogP contribution in [0.4, 0.5) is 5.69 Å². The summed E-state index contributed by atoms with van der Waals surface area (Å²) >= 11 is 0. The molecule has 0 saturated heterocycles. The van der Waals surface area contributed by atoms with Crippen molar-refractivity contribution in [3.05, 3.63) is 88.1 Å². The van der Waals surface area contributed by atoms with Gasteiger partial charge in [-0.1, -0.05) is 30.4 Å². The number of H-pyrrole nitrogens is 1. The number of anilines is 1. The number of hydrogen-bond donors (Lipinski definition) is 3. The van der Waals surface area contributed by atoms with Crippen LogP contribution in [0.1, 0.15) is 29.8 Å². The van der Waals surface area contributed by atoms with E-state index in [-0.39, 0.29) is 23.4 Å². The molecule has 146 valence electrons. The van der Waals surface area contributed by atoms with Gasteiger partial charge in [-0.25, -0.2) is 5.10 Å². The topological polar surface area (TPSA) is 82.7 Å². The zero-order valence-electron chi connectivity index (χ0n) is 16.2. The SMILES string of the molecule is CNCC1=CCC(C2c3n[nH]c(=O)c4cccc(c34)NC2c2ccccn2)C=C1. The molecule has 3 N–H and O–H groups in total. The second kappa shape index (κ2) is 7.29. The van der Waals surface area contributed by atoms with Crippen molar-refractivity contribution in [2.75, 3.05) is 18.9 Å². The standard InChI is InChI=1S/C23H23N5O/c1-24-13-14-8-10-15(11-9-14)19-21(18-6-2-3-12-25-18)26-17-7-4-5-16-20(17)22(19)27-28-23(16)29/h2-10,12,15,19,21,24,26H,11,13H2,1H3,(H,28,29). The fourth-order valence-electron chi connectivity index (χ4n) is 4.57. The molecule has 3 unspecified atom stereocenters. The summed E-state index contributed by atoms with van der Waals surface area (Å²) in [5, 5.41) is 15.7. The third-order valence-corrected chi connectivity index (χ3v) is 5.89. The molecule has 2 aliphatic rings. The van der Waals surface area contributed by atoms with Gasteiger partial charge in [0.2, 0.25) is 0 Å². The highest BCUT2D eigenvalue weighted by atomic mass is 16.1. The van der Waals surface area contributed by atoms with Crippen molar-refractivity contribution < 1.29 is 0 Å². The Hall–Kier alpha value is -3.25. The number of nitrogens with zero attached hydrogens (tertiary/aromatic N) is 2. The molecule has 1 aliphatic carbocycles. The van der Waals surface area contributed by atoms with Gasteiger partial charge >= 0.3 is 0 Å². The molecular weight excluding hydrogens is 362 g/mol. The van der Waals surface area contributed by atoms with E-state index >= 15 is 0 Å². The maximum atomic E-state index is 12.4. The van der Waals surface area contributed by atoms with E-state index in [1.54, 1.807) is 0 Å². The Morgan fingerprint density at radius 2 is 2.14 bits per heavy atom. The van der Waals surface area contributed by atoms with E-state index in [0.717, 1.165) is 35.4 Å². The molecule has 1 aromatic carbocycles. The molecule has 0 amide bonds. The highest BCUT2D eigenvalue weighted by Gasteiger charge is 2.38. The number of hydrogen-bond acceptors (Lipinski definition) is 5. The second-order valence-electron chi connectivity index (χ2n) is 7.64. The number of aromatic amines is 1. The lowest BCUT2D eigenvalue weighted by molar-refractivity contribution is 0.431. The Balaban J connectivity index is 1.65. The van der Waals surface area contributed by atoms with Crippen LogP contribution >= 0.6 is 0 Å². The highest BCUT2D eigenvalue weighted by Crippen LogP contribution is 2.48. The summed E-state index contributed by atoms with van der Waals surface area (Å²) in [7, 11) is 1.96. The van der Waals surface area contributed by atoms with Crippen LogP contribution in [0.15, 0.2) is 71.2 Å². The number of nitrogens with one attached hydrogen (secondary N) is 3. The van der Waals surface area contributed by atoms with Crippen LogP contribution in [-0.2, 0) is 0 Å². The summed E-state index contributed by atoms with van der Waals surface area (Å²) in [6.07, 6.45) is 9.52. The van der Waals surface area contributed by atoms with Crippen LogP contribution in [0.5, 0.6) is 0 Å². The van der Waals surface area contributed by atoms with Gasteiger partial charge < -0.3 is 10.6 Å². The molecule has 0 spiro atoms. The van der Waals surface area contributed by atoms with Crippen LogP contribution < -0.4 is 16.2 Å². The summed E-state index contributed by atoms with van der Waals surface area (Å²) in [6.45, 7) is 0.861. The first-order valence-corrected chi connectivity index (χ1v) is 9.97. The zero-order valence-corrected chi connectivity index (χ0v) is 16.2. The first-order valence-electron chi connectivity index (χ1n) is 9.97. The largest absolute Gasteiger partial charge is 0.375 e. The van der Waals surface area contributed by atoms with Gasteiger partial charge in [0.1, 0.15) is 0 Å². The second-order valence-corrected chi connectivity index (χ2v) is 7.64. The molecule has 6 nitrogen and oxygen atoms in total. The summed E-state index contributed by atoms with van der Waals surface area (Å²) in [6, 6.07) is 11.8. The number of pyridine rings is 1. The Morgan fingerprint density at radius 3 is 2.90 bits per heavy atom. The zero-order chi connectivity index (χ0) is 19.8. The summed E-state index contributed by atoms with van der Waals surface area (Å²) in [5.41, 5.74) is 3.99. The van der Waals surface area contributed by atoms with Gasteiger partial charge in [-0.3, -0.25) is 9.78 Å². The van der Waals surface area contributed by atoms with Crippen LogP contribution in [0.25, 0.3) is 10.8 Å². The van der Waals surface area contributed by atoms with Crippen molar-refractivity contribution in [3.63, 3.8) is 0 Å². The van der Waals surface area contributed by atoms with E-state index in [1.165, 1.54) is 5.57 Å². The maximum absolute atomic E-state index is 12.4. The van der Waals surface area contributed by atoms with Gasteiger partial charge in [0.05, 0.1) is 22.8 Å². The van der Waals surface area contributed by atoms with E-state index in [0.29, 0.717) is 5.39 Å². The molecule has 3 heterocycles. The highest BCUT2D eigenvalue weighted by molar-refractivity contribution is 5.96. The van der Waals surface area contributed by atoms with Crippen LogP contribution in [0.2, 0.25) is 0 Å². The molecule has 0 bridgehead atoms. The Kier molecular flexibility index (Phi) is 4.48. The smallest absolute Gasteiger partial charge is 0.272 e. The van der Waals surface area contributed by atoms with Crippen molar-refractivity contribution in [2.45, 2.75) is 18.4 Å². The van der Waals surface area contributed by atoms with Gasteiger partial charge in [-0.05, 0) is 49.2 Å². The minimum atomic E-state index is -0.155. The number of aromatic nitrogens is 3. The van der Waals surface area contributed by atoms with Crippen molar-refractivity contribution in [1.82, 2.24) is 20.5 Å². The fourth-order valence-corrected chi connectivity index (χ4v) is 4.57. The Bertz CT molecular complexity index is 1160. The van der Waals surface area contributed by atoms with Gasteiger partial charge in [0.25, 0.3) is 5.56 Å². The van der Waals surface area contributed by atoms with Crippen molar-refractivity contribution in [2.24, 2.45) is 5.92 Å². The molecule has 3 atom stereocenters. The van der Waals surface area contributed by atoms with E-state index in [4.69, 9.17) is 0 Å². The Labute approximate surface area is 168 Å². The number of benzene rings is 1. The normalized spacial score (nSPS) is 22.9. The molecule has 1 aliphatic heterocycles. The van der Waals surface area contributed by atoms with Gasteiger partial charge in [0, 0.05) is 29.7 Å². The molecule has 6 heteroatoms. The molecule has 0 saturated carbocycles. The minimum absolute atomic E-state index is 0.0263. The van der Waals surface area contributed by atoms with Crippen LogP contribution in [0, 0.1) is 5.92 Å². The number of allylic oxidation sites excluding steroid dienone is 2.